The molecule has 2 fully saturated rings. The van der Waals surface area contributed by atoms with Crippen LogP contribution in [-0.2, 0) is 0 Å². The zero-order valence-corrected chi connectivity index (χ0v) is 7.33. The van der Waals surface area contributed by atoms with Crippen molar-refractivity contribution < 1.29 is 0 Å². The minimum Gasteiger partial charge on any atom is -0.162 e. The first kappa shape index (κ1) is 7.02. The van der Waals surface area contributed by atoms with Gasteiger partial charge in [0.15, 0.2) is 0 Å². The molecule has 0 radical (unpaired) electrons. The van der Waals surface area contributed by atoms with Crippen molar-refractivity contribution in [1.29, 1.82) is 0 Å². The molecule has 0 N–H and O–H groups in total. The molecule has 0 spiro atoms. The quantitative estimate of drug-likeness (QED) is 0.519. The van der Waals surface area contributed by atoms with Gasteiger partial charge in [0.1, 0.15) is 0 Å². The van der Waals surface area contributed by atoms with Gasteiger partial charge in [0.2, 0.25) is 0 Å². The molecule has 2 atom stereocenters. The average Bonchev–Trinajstić information content (AvgIpc) is 2.30. The summed E-state index contributed by atoms with van der Waals surface area (Å²) in [5.74, 6) is 5.14. The van der Waals surface area contributed by atoms with E-state index >= 15 is 0 Å². The van der Waals surface area contributed by atoms with Crippen molar-refractivity contribution in [3.63, 3.8) is 0 Å². The molecule has 2 bridgehead atoms. The van der Waals surface area contributed by atoms with Gasteiger partial charge in [0.05, 0.1) is 0 Å². The molecule has 0 nitrogen and oxygen atoms in total. The van der Waals surface area contributed by atoms with Crippen LogP contribution in [0.5, 0.6) is 0 Å². The van der Waals surface area contributed by atoms with Crippen LogP contribution in [0.25, 0.3) is 0 Å². The van der Waals surface area contributed by atoms with Crippen molar-refractivity contribution in [2.45, 2.75) is 32.1 Å². The van der Waals surface area contributed by atoms with Gasteiger partial charge in [0, 0.05) is 0 Å². The van der Waals surface area contributed by atoms with Gasteiger partial charge in [-0.3, -0.25) is 0 Å². The standard InChI is InChI=1S/C9H16S/c1-2-8-3-4-9(6-8)7-10-5-1/h8-9H,1-7H2. The van der Waals surface area contributed by atoms with Crippen molar-refractivity contribution in [2.24, 2.45) is 11.8 Å². The zero-order valence-electron chi connectivity index (χ0n) is 6.51. The molecule has 0 amide bonds. The Bertz CT molecular complexity index is 99.3. The third-order valence-electron chi connectivity index (χ3n) is 2.90. The predicted molar refractivity (Wildman–Crippen MR) is 47.4 cm³/mol. The summed E-state index contributed by atoms with van der Waals surface area (Å²) in [6.45, 7) is 0. The molecule has 2 aliphatic rings. The molecule has 10 heavy (non-hydrogen) atoms. The Morgan fingerprint density at radius 3 is 2.90 bits per heavy atom. The van der Waals surface area contributed by atoms with E-state index in [-0.39, 0.29) is 0 Å². The predicted octanol–water partition coefficient (Wildman–Crippen LogP) is 2.93. The molecule has 1 saturated heterocycles. The molecule has 1 aliphatic heterocycles. The van der Waals surface area contributed by atoms with E-state index in [1.807, 2.05) is 0 Å². The largest absolute Gasteiger partial charge is 0.162 e. The summed E-state index contributed by atoms with van der Waals surface area (Å²) < 4.78 is 0. The maximum absolute atomic E-state index is 2.19. The Morgan fingerprint density at radius 1 is 1.00 bits per heavy atom. The number of hydrogen-bond acceptors (Lipinski definition) is 1. The molecule has 2 rings (SSSR count). The van der Waals surface area contributed by atoms with E-state index in [0.717, 1.165) is 11.8 Å². The molecule has 58 valence electrons. The van der Waals surface area contributed by atoms with E-state index in [4.69, 9.17) is 0 Å². The second-order valence-corrected chi connectivity index (χ2v) is 4.91. The van der Waals surface area contributed by atoms with Crippen molar-refractivity contribution in [3.05, 3.63) is 0 Å². The molecule has 1 heterocycles. The number of fused-ring (bicyclic) bond motifs is 2. The maximum Gasteiger partial charge on any atom is -0.00390 e. The van der Waals surface area contributed by atoms with E-state index in [1.54, 1.807) is 12.8 Å². The highest BCUT2D eigenvalue weighted by Gasteiger charge is 2.25. The minimum absolute atomic E-state index is 1.11. The Labute approximate surface area is 67.8 Å². The lowest BCUT2D eigenvalue weighted by molar-refractivity contribution is 0.473. The van der Waals surface area contributed by atoms with Gasteiger partial charge in [-0.1, -0.05) is 6.42 Å². The molecule has 2 unspecified atom stereocenters. The van der Waals surface area contributed by atoms with Gasteiger partial charge in [-0.2, -0.15) is 11.8 Å². The van der Waals surface area contributed by atoms with Crippen LogP contribution in [0.3, 0.4) is 0 Å². The van der Waals surface area contributed by atoms with Crippen LogP contribution < -0.4 is 0 Å². The smallest absolute Gasteiger partial charge is 0.00390 e. The molecule has 1 heteroatoms. The monoisotopic (exact) mass is 156 g/mol. The van der Waals surface area contributed by atoms with E-state index in [9.17, 15) is 0 Å². The van der Waals surface area contributed by atoms with E-state index < -0.39 is 0 Å². The summed E-state index contributed by atoms with van der Waals surface area (Å²) in [5.41, 5.74) is 0. The van der Waals surface area contributed by atoms with Gasteiger partial charge >= 0.3 is 0 Å². The van der Waals surface area contributed by atoms with Gasteiger partial charge < -0.3 is 0 Å². The lowest BCUT2D eigenvalue weighted by Gasteiger charge is -2.14. The fourth-order valence-electron chi connectivity index (χ4n) is 2.32. The minimum atomic E-state index is 1.11. The van der Waals surface area contributed by atoms with Crippen LogP contribution in [0.2, 0.25) is 0 Å². The Balaban J connectivity index is 1.91. The van der Waals surface area contributed by atoms with Gasteiger partial charge in [-0.25, -0.2) is 0 Å². The number of thioether (sulfide) groups is 1. The van der Waals surface area contributed by atoms with Crippen LogP contribution in [0.1, 0.15) is 32.1 Å². The van der Waals surface area contributed by atoms with Gasteiger partial charge in [-0.05, 0) is 49.0 Å². The van der Waals surface area contributed by atoms with E-state index in [1.165, 1.54) is 30.8 Å². The Hall–Kier alpha value is 0.350. The van der Waals surface area contributed by atoms with Crippen molar-refractivity contribution in [2.75, 3.05) is 11.5 Å². The topological polar surface area (TPSA) is 0 Å². The Morgan fingerprint density at radius 2 is 1.90 bits per heavy atom. The molecule has 0 aromatic heterocycles. The first-order chi connectivity index (χ1) is 4.95. The van der Waals surface area contributed by atoms with Crippen molar-refractivity contribution in [3.8, 4) is 0 Å². The second-order valence-electron chi connectivity index (χ2n) is 3.76. The zero-order chi connectivity index (χ0) is 6.81. The highest BCUT2D eigenvalue weighted by Crippen LogP contribution is 2.37. The highest BCUT2D eigenvalue weighted by molar-refractivity contribution is 7.99. The summed E-state index contributed by atoms with van der Waals surface area (Å²) in [6, 6.07) is 0. The molecule has 0 aromatic carbocycles. The number of hydrogen-bond donors (Lipinski definition) is 0. The fourth-order valence-corrected chi connectivity index (χ4v) is 3.49. The highest BCUT2D eigenvalue weighted by atomic mass is 32.2. The second kappa shape index (κ2) is 3.17. The summed E-state index contributed by atoms with van der Waals surface area (Å²) in [4.78, 5) is 0. The van der Waals surface area contributed by atoms with Crippen molar-refractivity contribution >= 4 is 11.8 Å². The third-order valence-corrected chi connectivity index (χ3v) is 4.19. The van der Waals surface area contributed by atoms with Crippen LogP contribution in [0.15, 0.2) is 0 Å². The normalized spacial score (nSPS) is 40.8. The number of rotatable bonds is 0. The lowest BCUT2D eigenvalue weighted by Crippen LogP contribution is -2.04. The van der Waals surface area contributed by atoms with Crippen LogP contribution >= 0.6 is 11.8 Å². The molecule has 0 aromatic rings. The van der Waals surface area contributed by atoms with Crippen LogP contribution in [-0.4, -0.2) is 11.5 Å². The first-order valence-corrected chi connectivity index (χ1v) is 5.68. The fraction of sp³-hybridized carbons (Fsp3) is 1.00. The van der Waals surface area contributed by atoms with E-state index in [0.29, 0.717) is 0 Å². The maximum atomic E-state index is 2.19. The summed E-state index contributed by atoms with van der Waals surface area (Å²) in [5, 5.41) is 0. The molecular weight excluding hydrogens is 140 g/mol. The molecule has 1 saturated carbocycles. The Kier molecular flexibility index (Phi) is 2.22. The van der Waals surface area contributed by atoms with Crippen LogP contribution in [0.4, 0.5) is 0 Å². The van der Waals surface area contributed by atoms with Crippen molar-refractivity contribution in [1.82, 2.24) is 0 Å². The lowest BCUT2D eigenvalue weighted by atomic mass is 10.0. The molecular formula is C9H16S. The van der Waals surface area contributed by atoms with Gasteiger partial charge in [0.25, 0.3) is 0 Å². The first-order valence-electron chi connectivity index (χ1n) is 4.53. The average molecular weight is 156 g/mol. The van der Waals surface area contributed by atoms with E-state index in [2.05, 4.69) is 11.8 Å². The summed E-state index contributed by atoms with van der Waals surface area (Å²) >= 11 is 2.19. The summed E-state index contributed by atoms with van der Waals surface area (Å²) in [7, 11) is 0. The molecule has 1 aliphatic carbocycles. The van der Waals surface area contributed by atoms with Crippen LogP contribution in [0, 0.1) is 11.8 Å². The SMILES string of the molecule is C1CSCC2CCC(C1)C2. The third kappa shape index (κ3) is 1.50. The summed E-state index contributed by atoms with van der Waals surface area (Å²) in [6.07, 6.45) is 7.67. The van der Waals surface area contributed by atoms with Gasteiger partial charge in [-0.15, -0.1) is 0 Å².